The van der Waals surface area contributed by atoms with Gasteiger partial charge in [-0.05, 0) is 37.6 Å². The molecule has 1 aromatic carbocycles. The summed E-state index contributed by atoms with van der Waals surface area (Å²) in [5.41, 5.74) is 0.597. The van der Waals surface area contributed by atoms with Gasteiger partial charge >= 0.3 is 0 Å². The highest BCUT2D eigenvalue weighted by atomic mass is 32.2. The minimum absolute atomic E-state index is 0.0607. The number of hydrogen-bond acceptors (Lipinski definition) is 3. The fourth-order valence-corrected chi connectivity index (χ4v) is 4.17. The molecule has 0 aliphatic rings. The number of rotatable bonds is 8. The van der Waals surface area contributed by atoms with E-state index in [9.17, 15) is 12.8 Å². The van der Waals surface area contributed by atoms with Crippen LogP contribution >= 0.6 is 0 Å². The molecule has 0 bridgehead atoms. The van der Waals surface area contributed by atoms with Gasteiger partial charge in [0, 0.05) is 19.1 Å². The van der Waals surface area contributed by atoms with Crippen molar-refractivity contribution >= 4 is 10.0 Å². The molecule has 4 nitrogen and oxygen atoms in total. The topological polar surface area (TPSA) is 49.4 Å². The predicted molar refractivity (Wildman–Crippen MR) is 83.1 cm³/mol. The Kier molecular flexibility index (Phi) is 6.77. The maximum absolute atomic E-state index is 13.5. The van der Waals surface area contributed by atoms with E-state index in [-0.39, 0.29) is 10.9 Å². The molecule has 1 aromatic rings. The lowest BCUT2D eigenvalue weighted by Crippen LogP contribution is -2.38. The van der Waals surface area contributed by atoms with E-state index >= 15 is 0 Å². The maximum Gasteiger partial charge on any atom is 0.243 e. The third kappa shape index (κ3) is 4.25. The molecular weight excluding hydrogens is 291 g/mol. The van der Waals surface area contributed by atoms with Gasteiger partial charge in [-0.25, -0.2) is 12.8 Å². The SMILES string of the molecule is CCNCc1ccc(F)cc1S(=O)(=O)N(CC)C(C)CC. The maximum atomic E-state index is 13.5. The summed E-state index contributed by atoms with van der Waals surface area (Å²) in [5, 5.41) is 3.09. The van der Waals surface area contributed by atoms with Crippen molar-refractivity contribution in [2.24, 2.45) is 0 Å². The first-order valence-electron chi connectivity index (χ1n) is 7.39. The molecule has 0 amide bonds. The summed E-state index contributed by atoms with van der Waals surface area (Å²) in [6, 6.07) is 3.84. The van der Waals surface area contributed by atoms with E-state index in [0.717, 1.165) is 12.6 Å². The number of halogens is 1. The highest BCUT2D eigenvalue weighted by Gasteiger charge is 2.29. The molecule has 21 heavy (non-hydrogen) atoms. The summed E-state index contributed by atoms with van der Waals surface area (Å²) in [5.74, 6) is -0.533. The monoisotopic (exact) mass is 316 g/mol. The average Bonchev–Trinajstić information content (AvgIpc) is 2.46. The van der Waals surface area contributed by atoms with Crippen LogP contribution in [0.2, 0.25) is 0 Å². The Bertz CT molecular complexity index is 561. The first-order valence-corrected chi connectivity index (χ1v) is 8.83. The number of nitrogens with zero attached hydrogens (tertiary/aromatic N) is 1. The first-order chi connectivity index (χ1) is 9.88. The molecule has 0 fully saturated rings. The largest absolute Gasteiger partial charge is 0.313 e. The lowest BCUT2D eigenvalue weighted by atomic mass is 10.2. The lowest BCUT2D eigenvalue weighted by molar-refractivity contribution is 0.342. The van der Waals surface area contributed by atoms with Crippen LogP contribution in [0.25, 0.3) is 0 Å². The molecule has 120 valence electrons. The molecule has 0 radical (unpaired) electrons. The molecule has 0 heterocycles. The van der Waals surface area contributed by atoms with Crippen LogP contribution in [-0.4, -0.2) is 31.9 Å². The van der Waals surface area contributed by atoms with Crippen molar-refractivity contribution < 1.29 is 12.8 Å². The van der Waals surface area contributed by atoms with Crippen LogP contribution < -0.4 is 5.32 Å². The third-order valence-corrected chi connectivity index (χ3v) is 5.75. The van der Waals surface area contributed by atoms with Crippen molar-refractivity contribution in [2.75, 3.05) is 13.1 Å². The highest BCUT2D eigenvalue weighted by Crippen LogP contribution is 2.24. The van der Waals surface area contributed by atoms with E-state index in [1.54, 1.807) is 6.92 Å². The summed E-state index contributed by atoms with van der Waals surface area (Å²) in [7, 11) is -3.69. The molecule has 1 atom stereocenters. The summed E-state index contributed by atoms with van der Waals surface area (Å²) in [4.78, 5) is 0.0607. The molecule has 0 saturated carbocycles. The van der Waals surface area contributed by atoms with Crippen LogP contribution in [0, 0.1) is 5.82 Å². The summed E-state index contributed by atoms with van der Waals surface area (Å²) in [6.07, 6.45) is 0.713. The summed E-state index contributed by atoms with van der Waals surface area (Å²) < 4.78 is 40.6. The highest BCUT2D eigenvalue weighted by molar-refractivity contribution is 7.89. The van der Waals surface area contributed by atoms with Gasteiger partial charge in [-0.2, -0.15) is 4.31 Å². The van der Waals surface area contributed by atoms with Gasteiger partial charge in [0.1, 0.15) is 5.82 Å². The predicted octanol–water partition coefficient (Wildman–Crippen LogP) is 2.74. The van der Waals surface area contributed by atoms with Crippen molar-refractivity contribution in [3.05, 3.63) is 29.6 Å². The molecule has 0 aromatic heterocycles. The van der Waals surface area contributed by atoms with E-state index in [4.69, 9.17) is 0 Å². The van der Waals surface area contributed by atoms with Gasteiger partial charge < -0.3 is 5.32 Å². The van der Waals surface area contributed by atoms with Crippen LogP contribution in [-0.2, 0) is 16.6 Å². The van der Waals surface area contributed by atoms with Gasteiger partial charge in [0.15, 0.2) is 0 Å². The molecule has 0 aliphatic heterocycles. The summed E-state index contributed by atoms with van der Waals surface area (Å²) in [6.45, 7) is 9.04. The smallest absolute Gasteiger partial charge is 0.243 e. The van der Waals surface area contributed by atoms with Gasteiger partial charge in [-0.3, -0.25) is 0 Å². The minimum Gasteiger partial charge on any atom is -0.313 e. The van der Waals surface area contributed by atoms with Crippen LogP contribution in [0.15, 0.2) is 23.1 Å². The minimum atomic E-state index is -3.69. The second kappa shape index (κ2) is 7.87. The Labute approximate surface area is 127 Å². The Morgan fingerprint density at radius 2 is 1.95 bits per heavy atom. The van der Waals surface area contributed by atoms with E-state index < -0.39 is 15.8 Å². The van der Waals surface area contributed by atoms with Crippen molar-refractivity contribution in [1.29, 1.82) is 0 Å². The quantitative estimate of drug-likeness (QED) is 0.802. The Morgan fingerprint density at radius 3 is 2.48 bits per heavy atom. The van der Waals surface area contributed by atoms with Crippen molar-refractivity contribution in [3.8, 4) is 0 Å². The number of hydrogen-bond donors (Lipinski definition) is 1. The standard InChI is InChI=1S/C15H25FN2O2S/c1-5-12(4)18(7-3)21(19,20)15-10-14(16)9-8-13(15)11-17-6-2/h8-10,12,17H,5-7,11H2,1-4H3. The zero-order valence-electron chi connectivity index (χ0n) is 13.2. The van der Waals surface area contributed by atoms with E-state index in [0.29, 0.717) is 25.1 Å². The van der Waals surface area contributed by atoms with Crippen molar-refractivity contribution in [1.82, 2.24) is 9.62 Å². The number of benzene rings is 1. The fraction of sp³-hybridized carbons (Fsp3) is 0.600. The second-order valence-corrected chi connectivity index (χ2v) is 6.86. The van der Waals surface area contributed by atoms with Gasteiger partial charge in [0.2, 0.25) is 10.0 Å². The third-order valence-electron chi connectivity index (χ3n) is 3.58. The van der Waals surface area contributed by atoms with E-state index in [1.807, 2.05) is 20.8 Å². The molecule has 6 heteroatoms. The Morgan fingerprint density at radius 1 is 1.29 bits per heavy atom. The van der Waals surface area contributed by atoms with Gasteiger partial charge in [0.05, 0.1) is 4.90 Å². The molecule has 0 spiro atoms. The van der Waals surface area contributed by atoms with E-state index in [1.165, 1.54) is 16.4 Å². The first kappa shape index (κ1) is 18.1. The molecular formula is C15H25FN2O2S. The molecule has 1 N–H and O–H groups in total. The zero-order valence-corrected chi connectivity index (χ0v) is 14.0. The van der Waals surface area contributed by atoms with E-state index in [2.05, 4.69) is 5.32 Å². The van der Waals surface area contributed by atoms with Gasteiger partial charge in [-0.1, -0.05) is 26.8 Å². The van der Waals surface area contributed by atoms with Gasteiger partial charge in [0.25, 0.3) is 0 Å². The zero-order chi connectivity index (χ0) is 16.0. The Balaban J connectivity index is 3.31. The Hall–Kier alpha value is -0.980. The number of nitrogens with one attached hydrogen (secondary N) is 1. The second-order valence-electron chi connectivity index (χ2n) is 5.00. The molecule has 0 saturated heterocycles. The molecule has 1 rings (SSSR count). The van der Waals surface area contributed by atoms with Crippen LogP contribution in [0.3, 0.4) is 0 Å². The van der Waals surface area contributed by atoms with Gasteiger partial charge in [-0.15, -0.1) is 0 Å². The van der Waals surface area contributed by atoms with Crippen LogP contribution in [0.1, 0.15) is 39.7 Å². The summed E-state index contributed by atoms with van der Waals surface area (Å²) >= 11 is 0. The van der Waals surface area contributed by atoms with Crippen LogP contribution in [0.5, 0.6) is 0 Å². The normalized spacial score (nSPS) is 13.6. The molecule has 1 unspecified atom stereocenters. The number of sulfonamides is 1. The lowest BCUT2D eigenvalue weighted by Gasteiger charge is -2.27. The van der Waals surface area contributed by atoms with Crippen molar-refractivity contribution in [3.63, 3.8) is 0 Å². The average molecular weight is 316 g/mol. The van der Waals surface area contributed by atoms with Crippen LogP contribution in [0.4, 0.5) is 4.39 Å². The fourth-order valence-electron chi connectivity index (χ4n) is 2.22. The molecule has 0 aliphatic carbocycles. The van der Waals surface area contributed by atoms with Crippen molar-refractivity contribution in [2.45, 2.75) is 51.6 Å².